The van der Waals surface area contributed by atoms with Gasteiger partial charge in [0.25, 0.3) is 0 Å². The molecule has 1 amide bonds. The Bertz CT molecular complexity index is 1710. The second-order valence-corrected chi connectivity index (χ2v) is 15.0. The maximum Gasteiger partial charge on any atom is 0.306 e. The van der Waals surface area contributed by atoms with Gasteiger partial charge in [0.2, 0.25) is 15.9 Å². The van der Waals surface area contributed by atoms with Gasteiger partial charge in [0, 0.05) is 42.3 Å². The molecule has 5 atom stereocenters. The number of rotatable bonds is 11. The molecule has 3 fully saturated rings. The fourth-order valence-electron chi connectivity index (χ4n) is 7.09. The van der Waals surface area contributed by atoms with E-state index >= 15 is 4.39 Å². The third kappa shape index (κ3) is 7.74. The summed E-state index contributed by atoms with van der Waals surface area (Å²) in [5, 5.41) is 6.35. The lowest BCUT2D eigenvalue weighted by molar-refractivity contribution is -0.143. The van der Waals surface area contributed by atoms with Crippen molar-refractivity contribution in [2.75, 3.05) is 31.3 Å². The molecule has 8 nitrogen and oxygen atoms in total. The largest absolute Gasteiger partial charge is 0.469 e. The Morgan fingerprint density at radius 2 is 1.79 bits per heavy atom. The maximum absolute atomic E-state index is 15.4. The van der Waals surface area contributed by atoms with Crippen LogP contribution in [0.4, 0.5) is 14.5 Å². The van der Waals surface area contributed by atoms with Crippen molar-refractivity contribution in [2.24, 2.45) is 5.92 Å². The molecule has 2 N–H and O–H groups in total. The van der Waals surface area contributed by atoms with Gasteiger partial charge in [0.15, 0.2) is 0 Å². The molecule has 3 aromatic carbocycles. The van der Waals surface area contributed by atoms with E-state index in [4.69, 9.17) is 4.74 Å². The number of esters is 1. The van der Waals surface area contributed by atoms with Gasteiger partial charge in [0.05, 0.1) is 25.2 Å². The van der Waals surface area contributed by atoms with Crippen LogP contribution in [0.3, 0.4) is 0 Å². The van der Waals surface area contributed by atoms with Crippen molar-refractivity contribution in [3.63, 3.8) is 0 Å². The number of carbonyl (C=O) groups is 2. The number of sulfonamides is 1. The third-order valence-electron chi connectivity index (χ3n) is 9.77. The minimum Gasteiger partial charge on any atom is -0.469 e. The van der Waals surface area contributed by atoms with Gasteiger partial charge in [-0.3, -0.25) is 9.59 Å². The van der Waals surface area contributed by atoms with Crippen molar-refractivity contribution in [3.05, 3.63) is 101 Å². The first-order valence-electron chi connectivity index (χ1n) is 16.4. The van der Waals surface area contributed by atoms with Crippen LogP contribution >= 0.6 is 0 Å². The summed E-state index contributed by atoms with van der Waals surface area (Å²) in [5.41, 5.74) is 3.14. The highest BCUT2D eigenvalue weighted by molar-refractivity contribution is 7.89. The quantitative estimate of drug-likeness (QED) is 0.263. The Morgan fingerprint density at radius 3 is 2.53 bits per heavy atom. The Balaban J connectivity index is 1.30. The molecule has 1 saturated carbocycles. The Kier molecular flexibility index (Phi) is 10.1. The standard InChI is InChI=1S/C36H41F2N3O5S/c1-46-34(42)20-31(35(24-12-14-27(37)15-13-24)26-6-2-5-25(19-26)23-10-11-23)36(43)40-33-9-3-8-32(38)30(33)17-16-29-21-39-28-7-4-18-47(44,45)41(29)22-28/h2-3,5-6,8-9,12-15,19,23,28-29,31,35,39H,4,7,10-11,16-18,20-22H2,1H3,(H,40,43)/t28?,29?,31-,35-/m0/s1. The van der Waals surface area contributed by atoms with Gasteiger partial charge in [-0.15, -0.1) is 0 Å². The number of nitrogens with zero attached hydrogens (tertiary/aromatic N) is 1. The summed E-state index contributed by atoms with van der Waals surface area (Å²) >= 11 is 0. The fourth-order valence-corrected chi connectivity index (χ4v) is 8.89. The first-order chi connectivity index (χ1) is 22.6. The Morgan fingerprint density at radius 1 is 1.02 bits per heavy atom. The van der Waals surface area contributed by atoms with Gasteiger partial charge in [-0.2, -0.15) is 4.31 Å². The number of piperazine rings is 1. The lowest BCUT2D eigenvalue weighted by atomic mass is 9.77. The van der Waals surface area contributed by atoms with Crippen LogP contribution in [0.25, 0.3) is 0 Å². The molecule has 6 rings (SSSR count). The van der Waals surface area contributed by atoms with Crippen molar-refractivity contribution in [1.29, 1.82) is 0 Å². The topological polar surface area (TPSA) is 105 Å². The molecule has 2 bridgehead atoms. The number of anilines is 1. The number of methoxy groups -OCH3 is 1. The second-order valence-electron chi connectivity index (χ2n) is 12.9. The number of benzene rings is 3. The number of ether oxygens (including phenoxy) is 1. The molecule has 47 heavy (non-hydrogen) atoms. The zero-order valence-electron chi connectivity index (χ0n) is 26.5. The minimum absolute atomic E-state index is 0.100. The molecule has 3 aliphatic rings. The Hall–Kier alpha value is -3.67. The van der Waals surface area contributed by atoms with E-state index in [0.29, 0.717) is 37.4 Å². The zero-order valence-corrected chi connectivity index (χ0v) is 27.3. The number of hydrogen-bond donors (Lipinski definition) is 2. The van der Waals surface area contributed by atoms with Gasteiger partial charge in [-0.1, -0.05) is 42.5 Å². The summed E-state index contributed by atoms with van der Waals surface area (Å²) < 4.78 is 62.0. The normalized spacial score (nSPS) is 23.3. The second kappa shape index (κ2) is 14.2. The van der Waals surface area contributed by atoms with Gasteiger partial charge in [0.1, 0.15) is 11.6 Å². The highest BCUT2D eigenvalue weighted by Crippen LogP contribution is 2.43. The van der Waals surface area contributed by atoms with Crippen LogP contribution in [0.2, 0.25) is 0 Å². The molecule has 0 spiro atoms. The van der Waals surface area contributed by atoms with Crippen molar-refractivity contribution < 1.29 is 31.5 Å². The highest BCUT2D eigenvalue weighted by Gasteiger charge is 2.38. The lowest BCUT2D eigenvalue weighted by Gasteiger charge is -2.37. The SMILES string of the molecule is COC(=O)C[C@H](C(=O)Nc1cccc(F)c1CCC1CNC2CCCS(=O)(=O)N1C2)[C@@H](c1ccc(F)cc1)c1cccc(C2CC2)c1. The van der Waals surface area contributed by atoms with Crippen LogP contribution in [-0.2, 0) is 30.8 Å². The molecular formula is C36H41F2N3O5S. The molecule has 1 aliphatic carbocycles. The average molecular weight is 666 g/mol. The summed E-state index contributed by atoms with van der Waals surface area (Å²) in [7, 11) is -2.16. The molecule has 250 valence electrons. The van der Waals surface area contributed by atoms with Crippen LogP contribution in [0.5, 0.6) is 0 Å². The molecule has 3 unspecified atom stereocenters. The zero-order chi connectivity index (χ0) is 33.1. The van der Waals surface area contributed by atoms with E-state index in [0.717, 1.165) is 30.4 Å². The summed E-state index contributed by atoms with van der Waals surface area (Å²) in [6.07, 6.45) is 3.86. The van der Waals surface area contributed by atoms with E-state index in [1.54, 1.807) is 22.5 Å². The van der Waals surface area contributed by atoms with E-state index in [9.17, 15) is 22.4 Å². The van der Waals surface area contributed by atoms with Gasteiger partial charge >= 0.3 is 5.97 Å². The van der Waals surface area contributed by atoms with Crippen LogP contribution < -0.4 is 10.6 Å². The molecule has 3 aromatic rings. The van der Waals surface area contributed by atoms with Crippen LogP contribution in [0.1, 0.15) is 72.6 Å². The first-order valence-corrected chi connectivity index (χ1v) is 18.0. The fraction of sp³-hybridized carbons (Fsp3) is 0.444. The van der Waals surface area contributed by atoms with E-state index in [1.165, 1.54) is 31.4 Å². The van der Waals surface area contributed by atoms with Gasteiger partial charge in [-0.25, -0.2) is 17.2 Å². The van der Waals surface area contributed by atoms with Crippen LogP contribution in [0, 0.1) is 17.6 Å². The first kappa shape index (κ1) is 33.2. The number of halogens is 2. The summed E-state index contributed by atoms with van der Waals surface area (Å²) in [6.45, 7) is 0.871. The van der Waals surface area contributed by atoms with Crippen LogP contribution in [-0.4, -0.2) is 62.6 Å². The predicted molar refractivity (Wildman–Crippen MR) is 175 cm³/mol. The van der Waals surface area contributed by atoms with E-state index in [2.05, 4.69) is 22.8 Å². The van der Waals surface area contributed by atoms with E-state index in [-0.39, 0.29) is 41.9 Å². The number of carbonyl (C=O) groups excluding carboxylic acids is 2. The average Bonchev–Trinajstić information content (AvgIpc) is 3.92. The van der Waals surface area contributed by atoms with Gasteiger partial charge in [-0.05, 0) is 85.4 Å². The van der Waals surface area contributed by atoms with Crippen molar-refractivity contribution in [1.82, 2.24) is 9.62 Å². The van der Waals surface area contributed by atoms with Crippen LogP contribution in [0.15, 0.2) is 66.7 Å². The lowest BCUT2D eigenvalue weighted by Crippen LogP contribution is -2.57. The monoisotopic (exact) mass is 665 g/mol. The molecular weight excluding hydrogens is 624 g/mol. The maximum atomic E-state index is 15.4. The summed E-state index contributed by atoms with van der Waals surface area (Å²) in [4.78, 5) is 27.0. The molecule has 11 heteroatoms. The number of amides is 1. The summed E-state index contributed by atoms with van der Waals surface area (Å²) in [5.74, 6) is -3.08. The Labute approximate surface area is 274 Å². The number of fused-ring (bicyclic) bond motifs is 2. The van der Waals surface area contributed by atoms with Gasteiger partial charge < -0.3 is 15.4 Å². The predicted octanol–water partition coefficient (Wildman–Crippen LogP) is 5.49. The third-order valence-corrected chi connectivity index (χ3v) is 11.7. The molecule has 2 saturated heterocycles. The molecule has 2 heterocycles. The molecule has 2 aliphatic heterocycles. The molecule has 0 aromatic heterocycles. The van der Waals surface area contributed by atoms with Crippen molar-refractivity contribution in [3.8, 4) is 0 Å². The van der Waals surface area contributed by atoms with Crippen molar-refractivity contribution >= 4 is 27.6 Å². The molecule has 0 radical (unpaired) electrons. The summed E-state index contributed by atoms with van der Waals surface area (Å²) in [6, 6.07) is 18.1. The highest BCUT2D eigenvalue weighted by atomic mass is 32.2. The van der Waals surface area contributed by atoms with E-state index in [1.807, 2.05) is 12.1 Å². The number of nitrogens with one attached hydrogen (secondary N) is 2. The number of hydrogen-bond acceptors (Lipinski definition) is 6. The minimum atomic E-state index is -3.42. The smallest absolute Gasteiger partial charge is 0.306 e. The van der Waals surface area contributed by atoms with Crippen molar-refractivity contribution in [2.45, 2.75) is 68.9 Å². The van der Waals surface area contributed by atoms with E-state index < -0.39 is 45.4 Å².